The van der Waals surface area contributed by atoms with E-state index in [9.17, 15) is 9.59 Å². The maximum atomic E-state index is 12.3. The van der Waals surface area contributed by atoms with Crippen LogP contribution in [0.5, 0.6) is 0 Å². The van der Waals surface area contributed by atoms with Crippen LogP contribution < -0.4 is 0 Å². The Morgan fingerprint density at radius 2 is 2.26 bits per heavy atom. The van der Waals surface area contributed by atoms with E-state index >= 15 is 0 Å². The molecular formula is C14H15ClINO2. The Morgan fingerprint density at radius 1 is 1.53 bits per heavy atom. The Hall–Kier alpha value is -0.620. The van der Waals surface area contributed by atoms with Crippen LogP contribution in [-0.2, 0) is 4.79 Å². The summed E-state index contributed by atoms with van der Waals surface area (Å²) in [6.45, 7) is 2.63. The van der Waals surface area contributed by atoms with Gasteiger partial charge in [0.15, 0.2) is 0 Å². The van der Waals surface area contributed by atoms with Crippen molar-refractivity contribution in [2.75, 3.05) is 6.54 Å². The van der Waals surface area contributed by atoms with Crippen molar-refractivity contribution in [2.45, 2.75) is 26.2 Å². The minimum Gasteiger partial charge on any atom is -0.278 e. The van der Waals surface area contributed by atoms with Gasteiger partial charge in [-0.3, -0.25) is 14.5 Å². The second-order valence-corrected chi connectivity index (χ2v) is 6.37. The van der Waals surface area contributed by atoms with E-state index in [1.165, 1.54) is 4.90 Å². The number of hydrogen-bond donors (Lipinski definition) is 0. The Labute approximate surface area is 131 Å². The minimum absolute atomic E-state index is 0.0712. The van der Waals surface area contributed by atoms with E-state index in [0.717, 1.165) is 16.4 Å². The summed E-state index contributed by atoms with van der Waals surface area (Å²) in [6.07, 6.45) is 2.51. The van der Waals surface area contributed by atoms with Gasteiger partial charge in [-0.05, 0) is 53.1 Å². The van der Waals surface area contributed by atoms with E-state index in [4.69, 9.17) is 11.6 Å². The fourth-order valence-electron chi connectivity index (χ4n) is 2.36. The minimum atomic E-state index is -0.234. The van der Waals surface area contributed by atoms with Crippen molar-refractivity contribution in [1.82, 2.24) is 4.90 Å². The molecule has 0 aliphatic carbocycles. The summed E-state index contributed by atoms with van der Waals surface area (Å²) in [7, 11) is 0. The van der Waals surface area contributed by atoms with Crippen molar-refractivity contribution in [1.29, 1.82) is 0 Å². The molecule has 3 nitrogen and oxygen atoms in total. The van der Waals surface area contributed by atoms with Gasteiger partial charge in [-0.25, -0.2) is 0 Å². The summed E-state index contributed by atoms with van der Waals surface area (Å²) < 4.78 is 0.896. The van der Waals surface area contributed by atoms with Crippen LogP contribution in [0, 0.1) is 9.49 Å². The van der Waals surface area contributed by atoms with E-state index in [1.807, 2.05) is 0 Å². The highest BCUT2D eigenvalue weighted by molar-refractivity contribution is 14.1. The number of carbonyl (C=O) groups is 2. The van der Waals surface area contributed by atoms with Crippen LogP contribution in [0.15, 0.2) is 18.2 Å². The largest absolute Gasteiger partial charge is 0.278 e. The highest BCUT2D eigenvalue weighted by atomic mass is 127. The molecule has 0 saturated carbocycles. The van der Waals surface area contributed by atoms with Gasteiger partial charge in [-0.1, -0.05) is 24.9 Å². The van der Waals surface area contributed by atoms with Crippen molar-refractivity contribution >= 4 is 46.0 Å². The lowest BCUT2D eigenvalue weighted by atomic mass is 10.0. The predicted octanol–water partition coefficient (Wildman–Crippen LogP) is 3.73. The number of carbonyl (C=O) groups excluding carboxylic acids is 2. The third-order valence-electron chi connectivity index (χ3n) is 3.31. The predicted molar refractivity (Wildman–Crippen MR) is 83.2 cm³/mol. The zero-order valence-electron chi connectivity index (χ0n) is 10.7. The first-order chi connectivity index (χ1) is 9.02. The Bertz CT molecular complexity index is 518. The second-order valence-electron chi connectivity index (χ2n) is 4.80. The van der Waals surface area contributed by atoms with Gasteiger partial charge in [0, 0.05) is 22.1 Å². The first-order valence-corrected chi connectivity index (χ1v) is 7.78. The molecule has 0 N–H and O–H groups in total. The van der Waals surface area contributed by atoms with E-state index in [0.29, 0.717) is 29.5 Å². The molecule has 1 fully saturated rings. The Kier molecular flexibility index (Phi) is 4.84. The van der Waals surface area contributed by atoms with Crippen LogP contribution >= 0.6 is 34.2 Å². The van der Waals surface area contributed by atoms with Gasteiger partial charge in [0.25, 0.3) is 5.91 Å². The monoisotopic (exact) mass is 391 g/mol. The van der Waals surface area contributed by atoms with Crippen molar-refractivity contribution < 1.29 is 9.59 Å². The van der Waals surface area contributed by atoms with Gasteiger partial charge >= 0.3 is 0 Å². The highest BCUT2D eigenvalue weighted by Crippen LogP contribution is 2.25. The number of halogens is 2. The van der Waals surface area contributed by atoms with Crippen LogP contribution in [0.25, 0.3) is 0 Å². The summed E-state index contributed by atoms with van der Waals surface area (Å²) in [5.41, 5.74) is 0.482. The molecule has 0 spiro atoms. The number of nitrogens with zero attached hydrogens (tertiary/aromatic N) is 1. The summed E-state index contributed by atoms with van der Waals surface area (Å²) >= 11 is 8.12. The SMILES string of the molecule is CCCC1CC(=O)N(C(=O)c2ccc(I)c(Cl)c2)C1. The van der Waals surface area contributed by atoms with Crippen LogP contribution in [0.4, 0.5) is 0 Å². The molecule has 19 heavy (non-hydrogen) atoms. The molecule has 2 rings (SSSR count). The molecule has 0 radical (unpaired) electrons. The first kappa shape index (κ1) is 14.8. The van der Waals surface area contributed by atoms with Crippen LogP contribution in [-0.4, -0.2) is 23.3 Å². The smallest absolute Gasteiger partial charge is 0.260 e. The lowest BCUT2D eigenvalue weighted by Gasteiger charge is -2.15. The van der Waals surface area contributed by atoms with Crippen LogP contribution in [0.3, 0.4) is 0 Å². The third-order valence-corrected chi connectivity index (χ3v) is 4.89. The number of rotatable bonds is 3. The van der Waals surface area contributed by atoms with Crippen LogP contribution in [0.2, 0.25) is 5.02 Å². The third kappa shape index (κ3) is 3.28. The fourth-order valence-corrected chi connectivity index (χ4v) is 2.88. The van der Waals surface area contributed by atoms with Gasteiger partial charge in [0.2, 0.25) is 5.91 Å². The van der Waals surface area contributed by atoms with Gasteiger partial charge in [0.05, 0.1) is 5.02 Å². The average molecular weight is 392 g/mol. The summed E-state index contributed by atoms with van der Waals surface area (Å²) in [4.78, 5) is 25.6. The molecule has 1 saturated heterocycles. The van der Waals surface area contributed by atoms with Crippen LogP contribution in [0.1, 0.15) is 36.5 Å². The van der Waals surface area contributed by atoms with Gasteiger partial charge in [-0.15, -0.1) is 0 Å². The average Bonchev–Trinajstić information content (AvgIpc) is 2.73. The molecule has 0 aromatic heterocycles. The normalized spacial score (nSPS) is 19.0. The molecule has 1 aromatic rings. The van der Waals surface area contributed by atoms with E-state index in [1.54, 1.807) is 18.2 Å². The molecule has 102 valence electrons. The number of hydrogen-bond acceptors (Lipinski definition) is 2. The maximum absolute atomic E-state index is 12.3. The second kappa shape index (κ2) is 6.22. The molecule has 1 atom stereocenters. The van der Waals surface area contributed by atoms with Crippen molar-refractivity contribution in [3.05, 3.63) is 32.4 Å². The van der Waals surface area contributed by atoms with Gasteiger partial charge < -0.3 is 0 Å². The summed E-state index contributed by atoms with van der Waals surface area (Å²) in [5, 5.41) is 0.545. The molecule has 2 amide bonds. The van der Waals surface area contributed by atoms with Gasteiger partial charge in [-0.2, -0.15) is 0 Å². The quantitative estimate of drug-likeness (QED) is 0.581. The zero-order chi connectivity index (χ0) is 14.0. The molecule has 5 heteroatoms. The van der Waals surface area contributed by atoms with Crippen molar-refractivity contribution in [3.63, 3.8) is 0 Å². The highest BCUT2D eigenvalue weighted by Gasteiger charge is 2.33. The molecule has 1 aliphatic rings. The molecular weight excluding hydrogens is 377 g/mol. The first-order valence-electron chi connectivity index (χ1n) is 6.32. The van der Waals surface area contributed by atoms with E-state index in [2.05, 4.69) is 29.5 Å². The zero-order valence-corrected chi connectivity index (χ0v) is 13.6. The number of benzene rings is 1. The van der Waals surface area contributed by atoms with Crippen molar-refractivity contribution in [2.24, 2.45) is 5.92 Å². The number of imide groups is 1. The van der Waals surface area contributed by atoms with Gasteiger partial charge in [0.1, 0.15) is 0 Å². The fraction of sp³-hybridized carbons (Fsp3) is 0.429. The van der Waals surface area contributed by atoms with E-state index in [-0.39, 0.29) is 11.8 Å². The standard InChI is InChI=1S/C14H15ClINO2/c1-2-3-9-6-13(18)17(8-9)14(19)10-4-5-12(16)11(15)7-10/h4-5,7,9H,2-3,6,8H2,1H3. The number of amides is 2. The van der Waals surface area contributed by atoms with Crippen molar-refractivity contribution in [3.8, 4) is 0 Å². The Balaban J connectivity index is 2.15. The molecule has 1 aromatic carbocycles. The molecule has 1 unspecified atom stereocenters. The molecule has 1 heterocycles. The lowest BCUT2D eigenvalue weighted by molar-refractivity contribution is -0.125. The lowest BCUT2D eigenvalue weighted by Crippen LogP contribution is -2.32. The Morgan fingerprint density at radius 3 is 2.89 bits per heavy atom. The number of likely N-dealkylation sites (tertiary alicyclic amines) is 1. The topological polar surface area (TPSA) is 37.4 Å². The van der Waals surface area contributed by atoms with E-state index < -0.39 is 0 Å². The maximum Gasteiger partial charge on any atom is 0.260 e. The summed E-state index contributed by atoms with van der Waals surface area (Å²) in [6, 6.07) is 5.14. The molecule has 0 bridgehead atoms. The molecule has 1 aliphatic heterocycles. The summed E-state index contributed by atoms with van der Waals surface area (Å²) in [5.74, 6) is 0.000737.